The molecule has 1 atom stereocenters. The Morgan fingerprint density at radius 1 is 1.26 bits per heavy atom. The fraction of sp³-hybridized carbons (Fsp3) is 0.471. The van der Waals surface area contributed by atoms with Crippen LogP contribution in [0.5, 0.6) is 0 Å². The van der Waals surface area contributed by atoms with Gasteiger partial charge in [-0.15, -0.1) is 0 Å². The molecule has 1 heterocycles. The highest BCUT2D eigenvalue weighted by Crippen LogP contribution is 2.22. The molecule has 2 rings (SSSR count). The number of amides is 1. The van der Waals surface area contributed by atoms with E-state index in [0.717, 1.165) is 5.56 Å². The fourth-order valence-electron chi connectivity index (χ4n) is 2.16. The van der Waals surface area contributed by atoms with Crippen molar-refractivity contribution in [3.05, 3.63) is 35.4 Å². The van der Waals surface area contributed by atoms with Gasteiger partial charge in [0.1, 0.15) is 6.54 Å². The lowest BCUT2D eigenvalue weighted by atomic mass is 9.87. The van der Waals surface area contributed by atoms with E-state index in [4.69, 9.17) is 9.47 Å². The standard InChI is InChI=1S/C17H21NO5/c1-17(2,3)12-6-4-11(5-7-12)15(20)18-10-14(19)23-13-8-9-22-16(13)21/h4-7,13H,8-10H2,1-3H3,(H,18,20)/t13-/m1/s1. The summed E-state index contributed by atoms with van der Waals surface area (Å²) in [5.74, 6) is -1.56. The molecule has 23 heavy (non-hydrogen) atoms. The number of nitrogens with one attached hydrogen (secondary N) is 1. The van der Waals surface area contributed by atoms with Crippen LogP contribution >= 0.6 is 0 Å². The number of benzene rings is 1. The number of ether oxygens (including phenoxy) is 2. The zero-order valence-corrected chi connectivity index (χ0v) is 13.5. The van der Waals surface area contributed by atoms with Gasteiger partial charge in [0.15, 0.2) is 0 Å². The first-order chi connectivity index (χ1) is 10.8. The Hall–Kier alpha value is -2.37. The summed E-state index contributed by atoms with van der Waals surface area (Å²) in [6.45, 7) is 6.23. The Labute approximate surface area is 135 Å². The van der Waals surface area contributed by atoms with Gasteiger partial charge < -0.3 is 14.8 Å². The van der Waals surface area contributed by atoms with E-state index < -0.39 is 18.0 Å². The Morgan fingerprint density at radius 3 is 2.43 bits per heavy atom. The molecule has 1 amide bonds. The molecule has 1 saturated heterocycles. The van der Waals surface area contributed by atoms with Crippen molar-refractivity contribution in [2.24, 2.45) is 0 Å². The van der Waals surface area contributed by atoms with Crippen LogP contribution in [0.15, 0.2) is 24.3 Å². The van der Waals surface area contributed by atoms with Gasteiger partial charge in [-0.05, 0) is 23.1 Å². The third-order valence-electron chi connectivity index (χ3n) is 3.57. The predicted molar refractivity (Wildman–Crippen MR) is 82.9 cm³/mol. The van der Waals surface area contributed by atoms with E-state index in [1.165, 1.54) is 0 Å². The lowest BCUT2D eigenvalue weighted by Gasteiger charge is -2.19. The highest BCUT2D eigenvalue weighted by molar-refractivity contribution is 5.96. The second kappa shape index (κ2) is 6.81. The first-order valence-corrected chi connectivity index (χ1v) is 7.52. The third-order valence-corrected chi connectivity index (χ3v) is 3.57. The summed E-state index contributed by atoms with van der Waals surface area (Å²) in [6, 6.07) is 7.22. The Kier molecular flexibility index (Phi) is 5.03. The van der Waals surface area contributed by atoms with Crippen molar-refractivity contribution in [3.63, 3.8) is 0 Å². The normalized spacial score (nSPS) is 17.5. The van der Waals surface area contributed by atoms with Crippen molar-refractivity contribution in [1.82, 2.24) is 5.32 Å². The summed E-state index contributed by atoms with van der Waals surface area (Å²) in [5, 5.41) is 2.48. The first-order valence-electron chi connectivity index (χ1n) is 7.52. The fourth-order valence-corrected chi connectivity index (χ4v) is 2.16. The summed E-state index contributed by atoms with van der Waals surface area (Å²) in [7, 11) is 0. The van der Waals surface area contributed by atoms with Crippen molar-refractivity contribution in [1.29, 1.82) is 0 Å². The van der Waals surface area contributed by atoms with Crippen LogP contribution in [0.3, 0.4) is 0 Å². The molecule has 0 radical (unpaired) electrons. The number of rotatable bonds is 4. The van der Waals surface area contributed by atoms with Gasteiger partial charge in [0.25, 0.3) is 5.91 Å². The lowest BCUT2D eigenvalue weighted by molar-refractivity contribution is -0.159. The highest BCUT2D eigenvalue weighted by Gasteiger charge is 2.30. The maximum Gasteiger partial charge on any atom is 0.347 e. The molecule has 6 heteroatoms. The summed E-state index contributed by atoms with van der Waals surface area (Å²) in [4.78, 5) is 34.8. The number of hydrogen-bond donors (Lipinski definition) is 1. The van der Waals surface area contributed by atoms with Crippen molar-refractivity contribution in [3.8, 4) is 0 Å². The van der Waals surface area contributed by atoms with E-state index in [9.17, 15) is 14.4 Å². The summed E-state index contributed by atoms with van der Waals surface area (Å²) < 4.78 is 9.64. The average molecular weight is 319 g/mol. The van der Waals surface area contributed by atoms with Crippen molar-refractivity contribution >= 4 is 17.8 Å². The summed E-state index contributed by atoms with van der Waals surface area (Å²) in [5.41, 5.74) is 1.59. The number of cyclic esters (lactones) is 1. The van der Waals surface area contributed by atoms with Gasteiger partial charge in [-0.1, -0.05) is 32.9 Å². The van der Waals surface area contributed by atoms with Gasteiger partial charge in [-0.3, -0.25) is 9.59 Å². The minimum absolute atomic E-state index is 0.00863. The molecule has 0 spiro atoms. The molecule has 0 bridgehead atoms. The van der Waals surface area contributed by atoms with Crippen molar-refractivity contribution in [2.75, 3.05) is 13.2 Å². The highest BCUT2D eigenvalue weighted by atomic mass is 16.6. The molecule has 0 aromatic heterocycles. The Morgan fingerprint density at radius 2 is 1.91 bits per heavy atom. The zero-order chi connectivity index (χ0) is 17.0. The Balaban J connectivity index is 1.84. The van der Waals surface area contributed by atoms with Crippen molar-refractivity contribution < 1.29 is 23.9 Å². The number of carbonyl (C=O) groups is 3. The maximum atomic E-state index is 12.0. The van der Waals surface area contributed by atoms with Crippen LogP contribution in [0.2, 0.25) is 0 Å². The lowest BCUT2D eigenvalue weighted by Crippen LogP contribution is -2.33. The van der Waals surface area contributed by atoms with E-state index in [2.05, 4.69) is 26.1 Å². The molecular weight excluding hydrogens is 298 g/mol. The van der Waals surface area contributed by atoms with E-state index in [-0.39, 0.29) is 24.5 Å². The van der Waals surface area contributed by atoms with E-state index in [1.807, 2.05) is 12.1 Å². The van der Waals surface area contributed by atoms with Crippen LogP contribution in [0, 0.1) is 0 Å². The molecule has 0 unspecified atom stereocenters. The molecule has 1 aliphatic rings. The van der Waals surface area contributed by atoms with Crippen LogP contribution < -0.4 is 5.32 Å². The van der Waals surface area contributed by atoms with Gasteiger partial charge in [0, 0.05) is 12.0 Å². The summed E-state index contributed by atoms with van der Waals surface area (Å²) >= 11 is 0. The van der Waals surface area contributed by atoms with E-state index >= 15 is 0 Å². The van der Waals surface area contributed by atoms with Crippen LogP contribution in [0.25, 0.3) is 0 Å². The molecule has 124 valence electrons. The maximum absolute atomic E-state index is 12.0. The van der Waals surface area contributed by atoms with Gasteiger partial charge in [-0.25, -0.2) is 4.79 Å². The zero-order valence-electron chi connectivity index (χ0n) is 13.5. The molecule has 6 nitrogen and oxygen atoms in total. The first kappa shape index (κ1) is 17.0. The van der Waals surface area contributed by atoms with E-state index in [1.54, 1.807) is 12.1 Å². The third kappa shape index (κ3) is 4.55. The van der Waals surface area contributed by atoms with Crippen LogP contribution in [-0.2, 0) is 24.5 Å². The van der Waals surface area contributed by atoms with Gasteiger partial charge in [0.05, 0.1) is 6.61 Å². The molecule has 1 aliphatic heterocycles. The molecular formula is C17H21NO5. The minimum Gasteiger partial charge on any atom is -0.463 e. The van der Waals surface area contributed by atoms with Gasteiger partial charge >= 0.3 is 11.9 Å². The average Bonchev–Trinajstić information content (AvgIpc) is 2.89. The SMILES string of the molecule is CC(C)(C)c1ccc(C(=O)NCC(=O)O[C@@H]2CCOC2=O)cc1. The largest absolute Gasteiger partial charge is 0.463 e. The predicted octanol–water partition coefficient (Wildman–Crippen LogP) is 1.57. The molecule has 0 aliphatic carbocycles. The number of carbonyl (C=O) groups excluding carboxylic acids is 3. The quantitative estimate of drug-likeness (QED) is 0.852. The second-order valence-electron chi connectivity index (χ2n) is 6.44. The smallest absolute Gasteiger partial charge is 0.347 e. The number of hydrogen-bond acceptors (Lipinski definition) is 5. The topological polar surface area (TPSA) is 81.7 Å². The Bertz CT molecular complexity index is 600. The molecule has 1 N–H and O–H groups in total. The monoisotopic (exact) mass is 319 g/mol. The minimum atomic E-state index is -0.856. The molecule has 0 saturated carbocycles. The van der Waals surface area contributed by atoms with E-state index in [0.29, 0.717) is 12.0 Å². The van der Waals surface area contributed by atoms with Gasteiger partial charge in [0.2, 0.25) is 6.10 Å². The summed E-state index contributed by atoms with van der Waals surface area (Å²) in [6.07, 6.45) is -0.502. The van der Waals surface area contributed by atoms with Crippen LogP contribution in [0.4, 0.5) is 0 Å². The van der Waals surface area contributed by atoms with Gasteiger partial charge in [-0.2, -0.15) is 0 Å². The molecule has 1 aromatic carbocycles. The second-order valence-corrected chi connectivity index (χ2v) is 6.44. The van der Waals surface area contributed by atoms with Crippen molar-refractivity contribution in [2.45, 2.75) is 38.7 Å². The van der Waals surface area contributed by atoms with Crippen LogP contribution in [0.1, 0.15) is 43.1 Å². The molecule has 1 aromatic rings. The molecule has 1 fully saturated rings. The van der Waals surface area contributed by atoms with Crippen LogP contribution in [-0.4, -0.2) is 37.1 Å². The number of esters is 2.